The number of ether oxygens (including phenoxy) is 4. The number of primary amides is 1. The summed E-state index contributed by atoms with van der Waals surface area (Å²) in [7, 11) is 3.29. The molecule has 0 rings (SSSR count). The molecule has 0 bridgehead atoms. The van der Waals surface area contributed by atoms with Crippen molar-refractivity contribution >= 4 is 5.91 Å². The van der Waals surface area contributed by atoms with Crippen LogP contribution in [0.25, 0.3) is 0 Å². The zero-order valence-corrected chi connectivity index (χ0v) is 11.1. The van der Waals surface area contributed by atoms with Gasteiger partial charge in [-0.2, -0.15) is 0 Å². The number of carbonyl (C=O) groups excluding carboxylic acids is 1. The van der Waals surface area contributed by atoms with E-state index in [1.807, 2.05) is 0 Å². The van der Waals surface area contributed by atoms with Crippen molar-refractivity contribution in [2.24, 2.45) is 5.73 Å². The van der Waals surface area contributed by atoms with Crippen molar-refractivity contribution in [3.05, 3.63) is 0 Å². The topological polar surface area (TPSA) is 92.0 Å². The van der Waals surface area contributed by atoms with Gasteiger partial charge in [-0.3, -0.25) is 4.79 Å². The molecule has 0 heterocycles. The summed E-state index contributed by atoms with van der Waals surface area (Å²) in [6.45, 7) is 3.33. The van der Waals surface area contributed by atoms with Crippen LogP contribution in [0.15, 0.2) is 0 Å². The third kappa shape index (κ3) is 10.4. The molecule has 7 heteroatoms. The molecule has 0 saturated carbocycles. The van der Waals surface area contributed by atoms with E-state index in [0.717, 1.165) is 0 Å². The zero-order valence-electron chi connectivity index (χ0n) is 11.1. The SMILES string of the molecule is CNC(COCCOCCOCCOC)C(N)=O. The number of hydrogen-bond donors (Lipinski definition) is 2. The summed E-state index contributed by atoms with van der Waals surface area (Å²) in [6, 6.07) is -0.456. The van der Waals surface area contributed by atoms with Gasteiger partial charge in [0.25, 0.3) is 0 Å². The highest BCUT2D eigenvalue weighted by Crippen LogP contribution is 1.86. The van der Waals surface area contributed by atoms with E-state index in [4.69, 9.17) is 24.7 Å². The van der Waals surface area contributed by atoms with Crippen LogP contribution in [-0.4, -0.2) is 72.4 Å². The molecule has 0 spiro atoms. The van der Waals surface area contributed by atoms with Crippen LogP contribution in [0.2, 0.25) is 0 Å². The quantitative estimate of drug-likeness (QED) is 0.404. The molecule has 1 amide bonds. The molecule has 0 saturated heterocycles. The van der Waals surface area contributed by atoms with Gasteiger partial charge in [-0.25, -0.2) is 0 Å². The van der Waals surface area contributed by atoms with Gasteiger partial charge in [0.1, 0.15) is 6.04 Å². The minimum absolute atomic E-state index is 0.250. The van der Waals surface area contributed by atoms with Crippen LogP contribution in [0.3, 0.4) is 0 Å². The Hall–Kier alpha value is -0.730. The molecule has 0 aliphatic carbocycles. The number of hydrogen-bond acceptors (Lipinski definition) is 6. The standard InChI is InChI=1S/C11H24N2O5/c1-13-10(11(12)14)9-18-8-7-17-6-5-16-4-3-15-2/h10,13H,3-9H2,1-2H3,(H2,12,14). The van der Waals surface area contributed by atoms with Crippen LogP contribution < -0.4 is 11.1 Å². The van der Waals surface area contributed by atoms with Crippen LogP contribution in [0.1, 0.15) is 0 Å². The third-order valence-corrected chi connectivity index (χ3v) is 2.15. The molecule has 1 atom stereocenters. The Morgan fingerprint density at radius 1 is 1.06 bits per heavy atom. The van der Waals surface area contributed by atoms with Crippen LogP contribution in [0.4, 0.5) is 0 Å². The second-order valence-corrected chi connectivity index (χ2v) is 3.54. The Morgan fingerprint density at radius 3 is 2.00 bits per heavy atom. The smallest absolute Gasteiger partial charge is 0.236 e. The number of amides is 1. The summed E-state index contributed by atoms with van der Waals surface area (Å²) in [4.78, 5) is 10.8. The largest absolute Gasteiger partial charge is 0.382 e. The van der Waals surface area contributed by atoms with E-state index in [0.29, 0.717) is 39.6 Å². The highest BCUT2D eigenvalue weighted by atomic mass is 16.6. The molecule has 0 aromatic rings. The van der Waals surface area contributed by atoms with Crippen LogP contribution >= 0.6 is 0 Å². The number of rotatable bonds is 13. The van der Waals surface area contributed by atoms with E-state index < -0.39 is 11.9 Å². The Kier molecular flexibility index (Phi) is 12.2. The molecule has 18 heavy (non-hydrogen) atoms. The van der Waals surface area contributed by atoms with Gasteiger partial charge >= 0.3 is 0 Å². The van der Waals surface area contributed by atoms with E-state index in [9.17, 15) is 4.79 Å². The highest BCUT2D eigenvalue weighted by molar-refractivity contribution is 5.79. The first-order chi connectivity index (χ1) is 8.72. The molecule has 3 N–H and O–H groups in total. The predicted molar refractivity (Wildman–Crippen MR) is 66.4 cm³/mol. The lowest BCUT2D eigenvalue weighted by Gasteiger charge is -2.12. The van der Waals surface area contributed by atoms with Gasteiger partial charge in [0, 0.05) is 7.11 Å². The van der Waals surface area contributed by atoms with E-state index in [2.05, 4.69) is 5.32 Å². The minimum Gasteiger partial charge on any atom is -0.382 e. The first-order valence-corrected chi connectivity index (χ1v) is 5.91. The average molecular weight is 264 g/mol. The van der Waals surface area contributed by atoms with Crippen molar-refractivity contribution in [3.8, 4) is 0 Å². The normalized spacial score (nSPS) is 12.6. The van der Waals surface area contributed by atoms with Gasteiger partial charge in [-0.1, -0.05) is 0 Å². The fourth-order valence-electron chi connectivity index (χ4n) is 1.09. The third-order valence-electron chi connectivity index (χ3n) is 2.15. The van der Waals surface area contributed by atoms with E-state index >= 15 is 0 Å². The molecule has 0 fully saturated rings. The molecular weight excluding hydrogens is 240 g/mol. The molecule has 0 radical (unpaired) electrons. The van der Waals surface area contributed by atoms with Crippen molar-refractivity contribution in [3.63, 3.8) is 0 Å². The van der Waals surface area contributed by atoms with Gasteiger partial charge in [0.15, 0.2) is 0 Å². The lowest BCUT2D eigenvalue weighted by molar-refractivity contribution is -0.121. The predicted octanol–water partition coefficient (Wildman–Crippen LogP) is -1.24. The Labute approximate surface area is 108 Å². The number of likely N-dealkylation sites (N-methyl/N-ethyl adjacent to an activating group) is 1. The molecule has 7 nitrogen and oxygen atoms in total. The maximum absolute atomic E-state index is 10.8. The minimum atomic E-state index is -0.456. The lowest BCUT2D eigenvalue weighted by atomic mass is 10.3. The summed E-state index contributed by atoms with van der Waals surface area (Å²) in [5, 5.41) is 2.76. The fraction of sp³-hybridized carbons (Fsp3) is 0.909. The summed E-state index contributed by atoms with van der Waals surface area (Å²) in [5.74, 6) is -0.426. The van der Waals surface area contributed by atoms with Crippen molar-refractivity contribution in [1.29, 1.82) is 0 Å². The van der Waals surface area contributed by atoms with Gasteiger partial charge in [0.2, 0.25) is 5.91 Å². The van der Waals surface area contributed by atoms with Crippen LogP contribution in [0, 0.1) is 0 Å². The summed E-state index contributed by atoms with van der Waals surface area (Å²) in [5.41, 5.74) is 5.13. The van der Waals surface area contributed by atoms with Crippen molar-refractivity contribution < 1.29 is 23.7 Å². The highest BCUT2D eigenvalue weighted by Gasteiger charge is 2.11. The first kappa shape index (κ1) is 17.3. The second kappa shape index (κ2) is 12.7. The van der Waals surface area contributed by atoms with Crippen LogP contribution in [0.5, 0.6) is 0 Å². The van der Waals surface area contributed by atoms with Crippen molar-refractivity contribution in [2.75, 3.05) is 60.4 Å². The molecule has 108 valence electrons. The number of nitrogens with one attached hydrogen (secondary N) is 1. The Balaban J connectivity index is 3.18. The monoisotopic (exact) mass is 264 g/mol. The van der Waals surface area contributed by atoms with E-state index in [1.54, 1.807) is 14.2 Å². The Morgan fingerprint density at radius 2 is 1.56 bits per heavy atom. The van der Waals surface area contributed by atoms with Gasteiger partial charge < -0.3 is 30.0 Å². The summed E-state index contributed by atoms with van der Waals surface area (Å²) < 4.78 is 20.5. The average Bonchev–Trinajstić information content (AvgIpc) is 2.35. The molecule has 0 aromatic heterocycles. The zero-order chi connectivity index (χ0) is 13.6. The fourth-order valence-corrected chi connectivity index (χ4v) is 1.09. The maximum Gasteiger partial charge on any atom is 0.236 e. The van der Waals surface area contributed by atoms with E-state index in [1.165, 1.54) is 0 Å². The Bertz CT molecular complexity index is 204. The molecular formula is C11H24N2O5. The van der Waals surface area contributed by atoms with E-state index in [-0.39, 0.29) is 6.61 Å². The van der Waals surface area contributed by atoms with Crippen LogP contribution in [-0.2, 0) is 23.7 Å². The molecule has 0 aliphatic rings. The summed E-state index contributed by atoms with van der Waals surface area (Å²) in [6.07, 6.45) is 0. The summed E-state index contributed by atoms with van der Waals surface area (Å²) >= 11 is 0. The molecule has 0 aliphatic heterocycles. The van der Waals surface area contributed by atoms with Gasteiger partial charge in [-0.15, -0.1) is 0 Å². The van der Waals surface area contributed by atoms with Gasteiger partial charge in [0.05, 0.1) is 46.2 Å². The maximum atomic E-state index is 10.8. The number of methoxy groups -OCH3 is 1. The second-order valence-electron chi connectivity index (χ2n) is 3.54. The van der Waals surface area contributed by atoms with Crippen molar-refractivity contribution in [1.82, 2.24) is 5.32 Å². The molecule has 0 aromatic carbocycles. The van der Waals surface area contributed by atoms with Gasteiger partial charge in [-0.05, 0) is 7.05 Å². The number of nitrogens with two attached hydrogens (primary N) is 1. The molecule has 1 unspecified atom stereocenters. The lowest BCUT2D eigenvalue weighted by Crippen LogP contribution is -2.42. The first-order valence-electron chi connectivity index (χ1n) is 5.91. The van der Waals surface area contributed by atoms with Crippen molar-refractivity contribution in [2.45, 2.75) is 6.04 Å². The number of carbonyl (C=O) groups is 1.